The van der Waals surface area contributed by atoms with E-state index in [0.29, 0.717) is 29.5 Å². The second-order valence-corrected chi connectivity index (χ2v) is 4.01. The summed E-state index contributed by atoms with van der Waals surface area (Å²) in [5.74, 6) is 0.554. The highest BCUT2D eigenvalue weighted by Crippen LogP contribution is 2.24. The quantitative estimate of drug-likeness (QED) is 0.793. The highest BCUT2D eigenvalue weighted by molar-refractivity contribution is 6.30. The standard InChI is InChI=1S/C12H11ClNO2/c13-10-1-2-12(9(7-10)8-14)16-11-3-5-15-6-4-11/h2,7,11H,3-6H2. The van der Waals surface area contributed by atoms with E-state index in [4.69, 9.17) is 26.3 Å². The van der Waals surface area contributed by atoms with Crippen molar-refractivity contribution in [3.8, 4) is 11.8 Å². The lowest BCUT2D eigenvalue weighted by Gasteiger charge is -2.23. The molecule has 1 heterocycles. The highest BCUT2D eigenvalue weighted by atomic mass is 35.5. The first kappa shape index (κ1) is 11.3. The number of nitriles is 1. The Bertz CT molecular complexity index is 408. The number of ether oxygens (including phenoxy) is 2. The third-order valence-corrected chi connectivity index (χ3v) is 2.68. The van der Waals surface area contributed by atoms with E-state index in [0.717, 1.165) is 12.8 Å². The van der Waals surface area contributed by atoms with Gasteiger partial charge in [0.1, 0.15) is 17.9 Å². The first-order chi connectivity index (χ1) is 7.79. The van der Waals surface area contributed by atoms with Crippen molar-refractivity contribution in [3.05, 3.63) is 28.8 Å². The second-order valence-electron chi connectivity index (χ2n) is 3.60. The van der Waals surface area contributed by atoms with Crippen molar-refractivity contribution < 1.29 is 9.47 Å². The van der Waals surface area contributed by atoms with E-state index >= 15 is 0 Å². The molecule has 0 saturated carbocycles. The summed E-state index contributed by atoms with van der Waals surface area (Å²) in [6.45, 7) is 1.42. The van der Waals surface area contributed by atoms with Gasteiger partial charge in [-0.15, -0.1) is 0 Å². The van der Waals surface area contributed by atoms with Gasteiger partial charge in [0.25, 0.3) is 0 Å². The maximum Gasteiger partial charge on any atom is 0.138 e. The molecule has 0 N–H and O–H groups in total. The predicted molar refractivity (Wildman–Crippen MR) is 59.5 cm³/mol. The van der Waals surface area contributed by atoms with Crippen LogP contribution in [0.2, 0.25) is 5.02 Å². The van der Waals surface area contributed by atoms with E-state index in [-0.39, 0.29) is 6.10 Å². The summed E-state index contributed by atoms with van der Waals surface area (Å²) >= 11 is 5.76. The summed E-state index contributed by atoms with van der Waals surface area (Å²) in [6, 6.07) is 8.07. The molecule has 0 bridgehead atoms. The first-order valence-electron chi connectivity index (χ1n) is 5.15. The number of hydrogen-bond donors (Lipinski definition) is 0. The molecule has 2 rings (SSSR count). The van der Waals surface area contributed by atoms with E-state index in [1.807, 2.05) is 0 Å². The van der Waals surface area contributed by atoms with E-state index in [2.05, 4.69) is 12.1 Å². The molecule has 1 radical (unpaired) electrons. The van der Waals surface area contributed by atoms with Gasteiger partial charge in [0, 0.05) is 18.9 Å². The molecular weight excluding hydrogens is 226 g/mol. The molecule has 83 valence electrons. The minimum absolute atomic E-state index is 0.121. The molecular formula is C12H11ClNO2. The molecule has 1 saturated heterocycles. The van der Waals surface area contributed by atoms with Crippen LogP contribution in [-0.2, 0) is 4.74 Å². The summed E-state index contributed by atoms with van der Waals surface area (Å²) in [6.07, 6.45) is 1.83. The molecule has 1 aromatic rings. The molecule has 0 unspecified atom stereocenters. The Morgan fingerprint density at radius 1 is 1.50 bits per heavy atom. The fraction of sp³-hybridized carbons (Fsp3) is 0.417. The first-order valence-corrected chi connectivity index (χ1v) is 5.53. The fourth-order valence-electron chi connectivity index (χ4n) is 1.61. The zero-order valence-corrected chi connectivity index (χ0v) is 9.46. The van der Waals surface area contributed by atoms with E-state index in [1.165, 1.54) is 0 Å². The molecule has 0 aliphatic carbocycles. The second kappa shape index (κ2) is 5.20. The fourth-order valence-corrected chi connectivity index (χ4v) is 1.77. The van der Waals surface area contributed by atoms with Gasteiger partial charge in [-0.25, -0.2) is 0 Å². The van der Waals surface area contributed by atoms with E-state index in [9.17, 15) is 0 Å². The van der Waals surface area contributed by atoms with Gasteiger partial charge in [-0.05, 0) is 12.1 Å². The van der Waals surface area contributed by atoms with Crippen LogP contribution in [0.4, 0.5) is 0 Å². The Kier molecular flexibility index (Phi) is 3.66. The van der Waals surface area contributed by atoms with Crippen LogP contribution in [0.1, 0.15) is 18.4 Å². The van der Waals surface area contributed by atoms with Gasteiger partial charge >= 0.3 is 0 Å². The minimum Gasteiger partial charge on any atom is -0.489 e. The Morgan fingerprint density at radius 3 is 2.94 bits per heavy atom. The van der Waals surface area contributed by atoms with Crippen LogP contribution >= 0.6 is 11.6 Å². The van der Waals surface area contributed by atoms with Crippen LogP contribution in [-0.4, -0.2) is 19.3 Å². The van der Waals surface area contributed by atoms with Crippen molar-refractivity contribution in [1.29, 1.82) is 5.26 Å². The average Bonchev–Trinajstić information content (AvgIpc) is 2.33. The molecule has 0 spiro atoms. The number of benzene rings is 1. The number of nitrogens with zero attached hydrogens (tertiary/aromatic N) is 1. The largest absolute Gasteiger partial charge is 0.489 e. The lowest BCUT2D eigenvalue weighted by molar-refractivity contribution is 0.0254. The molecule has 1 fully saturated rings. The lowest BCUT2D eigenvalue weighted by Crippen LogP contribution is -2.26. The zero-order valence-electron chi connectivity index (χ0n) is 8.70. The Hall–Kier alpha value is -1.24. The smallest absolute Gasteiger partial charge is 0.138 e. The van der Waals surface area contributed by atoms with E-state index in [1.54, 1.807) is 12.1 Å². The molecule has 1 aliphatic rings. The summed E-state index contributed by atoms with van der Waals surface area (Å²) in [5, 5.41) is 9.37. The Morgan fingerprint density at radius 2 is 2.25 bits per heavy atom. The van der Waals surface area contributed by atoms with Gasteiger partial charge in [0.15, 0.2) is 0 Å². The van der Waals surface area contributed by atoms with Gasteiger partial charge in [-0.1, -0.05) is 11.6 Å². The van der Waals surface area contributed by atoms with Crippen LogP contribution in [0, 0.1) is 17.4 Å². The topological polar surface area (TPSA) is 42.2 Å². The van der Waals surface area contributed by atoms with Gasteiger partial charge in [-0.3, -0.25) is 0 Å². The van der Waals surface area contributed by atoms with Crippen molar-refractivity contribution in [2.45, 2.75) is 18.9 Å². The summed E-state index contributed by atoms with van der Waals surface area (Å²) < 4.78 is 11.0. The molecule has 0 atom stereocenters. The average molecular weight is 237 g/mol. The zero-order chi connectivity index (χ0) is 11.4. The van der Waals surface area contributed by atoms with Crippen LogP contribution < -0.4 is 4.74 Å². The van der Waals surface area contributed by atoms with Crippen LogP contribution in [0.5, 0.6) is 5.75 Å². The van der Waals surface area contributed by atoms with Gasteiger partial charge < -0.3 is 9.47 Å². The number of halogens is 1. The SMILES string of the molecule is N#Cc1cc(Cl)[c]cc1OC1CCOCC1. The number of rotatable bonds is 2. The van der Waals surface area contributed by atoms with Crippen molar-refractivity contribution >= 4 is 11.6 Å². The van der Waals surface area contributed by atoms with Crippen molar-refractivity contribution in [2.75, 3.05) is 13.2 Å². The van der Waals surface area contributed by atoms with Gasteiger partial charge in [0.05, 0.1) is 23.8 Å². The highest BCUT2D eigenvalue weighted by Gasteiger charge is 2.16. The molecule has 3 nitrogen and oxygen atoms in total. The third kappa shape index (κ3) is 2.66. The maximum absolute atomic E-state index is 8.95. The molecule has 1 aromatic carbocycles. The van der Waals surface area contributed by atoms with Crippen LogP contribution in [0.3, 0.4) is 0 Å². The lowest BCUT2D eigenvalue weighted by atomic mass is 10.1. The van der Waals surface area contributed by atoms with Crippen LogP contribution in [0.15, 0.2) is 12.1 Å². The maximum atomic E-state index is 8.95. The van der Waals surface area contributed by atoms with Crippen molar-refractivity contribution in [3.63, 3.8) is 0 Å². The van der Waals surface area contributed by atoms with Crippen molar-refractivity contribution in [2.24, 2.45) is 0 Å². The normalized spacial score (nSPS) is 16.8. The minimum atomic E-state index is 0.121. The number of hydrogen-bond acceptors (Lipinski definition) is 3. The summed E-state index contributed by atoms with van der Waals surface area (Å²) in [4.78, 5) is 0. The Balaban J connectivity index is 2.11. The molecule has 0 amide bonds. The van der Waals surface area contributed by atoms with Gasteiger partial charge in [0.2, 0.25) is 0 Å². The predicted octanol–water partition coefficient (Wildman–Crippen LogP) is 2.57. The van der Waals surface area contributed by atoms with Crippen LogP contribution in [0.25, 0.3) is 0 Å². The molecule has 0 aromatic heterocycles. The molecule has 1 aliphatic heterocycles. The molecule has 16 heavy (non-hydrogen) atoms. The summed E-state index contributed by atoms with van der Waals surface area (Å²) in [5.41, 5.74) is 0.454. The van der Waals surface area contributed by atoms with E-state index < -0.39 is 0 Å². The van der Waals surface area contributed by atoms with Crippen molar-refractivity contribution in [1.82, 2.24) is 0 Å². The summed E-state index contributed by atoms with van der Waals surface area (Å²) in [7, 11) is 0. The third-order valence-electron chi connectivity index (χ3n) is 2.46. The Labute approximate surface area is 99.5 Å². The molecule has 4 heteroatoms. The van der Waals surface area contributed by atoms with Gasteiger partial charge in [-0.2, -0.15) is 5.26 Å². The monoisotopic (exact) mass is 236 g/mol.